The Morgan fingerprint density at radius 1 is 1.09 bits per heavy atom. The Morgan fingerprint density at radius 3 is 2.41 bits per heavy atom. The predicted octanol–water partition coefficient (Wildman–Crippen LogP) is 2.97. The number of carbonyl (C=O) groups is 1. The van der Waals surface area contributed by atoms with Crippen molar-refractivity contribution in [3.8, 4) is 0 Å². The summed E-state index contributed by atoms with van der Waals surface area (Å²) in [6.07, 6.45) is 0. The van der Waals surface area contributed by atoms with Gasteiger partial charge in [0.1, 0.15) is 6.54 Å². The van der Waals surface area contributed by atoms with Gasteiger partial charge in [-0.1, -0.05) is 38.1 Å². The van der Waals surface area contributed by atoms with Gasteiger partial charge in [0.25, 0.3) is 5.69 Å². The van der Waals surface area contributed by atoms with Gasteiger partial charge in [0.05, 0.1) is 16.5 Å². The van der Waals surface area contributed by atoms with Crippen LogP contribution < -0.4 is 5.76 Å². The van der Waals surface area contributed by atoms with E-state index in [1.165, 1.54) is 33.9 Å². The van der Waals surface area contributed by atoms with Crippen molar-refractivity contribution >= 4 is 22.7 Å². The van der Waals surface area contributed by atoms with Gasteiger partial charge in [-0.15, -0.1) is 0 Å². The fraction of sp³-hybridized carbons (Fsp3) is 0.391. The van der Waals surface area contributed by atoms with Crippen LogP contribution in [0.3, 0.4) is 0 Å². The molecule has 0 saturated carbocycles. The van der Waals surface area contributed by atoms with E-state index < -0.39 is 10.7 Å². The molecule has 1 aliphatic heterocycles. The number of carbonyl (C=O) groups excluding carboxylic acids is 1. The van der Waals surface area contributed by atoms with Gasteiger partial charge < -0.3 is 9.32 Å². The van der Waals surface area contributed by atoms with Gasteiger partial charge in [0.15, 0.2) is 5.58 Å². The standard InChI is InChI=1S/C23H26N4O5/c1-16(2)18-5-3-17(4-6-18)14-24-9-11-25(12-10-24)22(28)15-26-20-8-7-19(27(30)31)13-21(20)32-23(26)29/h3-8,13,16H,9-12,14-15H2,1-2H3. The van der Waals surface area contributed by atoms with Crippen molar-refractivity contribution in [2.75, 3.05) is 26.2 Å². The monoisotopic (exact) mass is 438 g/mol. The van der Waals surface area contributed by atoms with Gasteiger partial charge in [-0.2, -0.15) is 0 Å². The Labute approximate surface area is 185 Å². The van der Waals surface area contributed by atoms with Crippen LogP contribution in [0.25, 0.3) is 11.1 Å². The molecular formula is C23H26N4O5. The van der Waals surface area contributed by atoms with Gasteiger partial charge in [0.2, 0.25) is 5.91 Å². The van der Waals surface area contributed by atoms with Crippen molar-refractivity contribution < 1.29 is 14.1 Å². The molecule has 0 bridgehead atoms. The SMILES string of the molecule is CC(C)c1ccc(CN2CCN(C(=O)Cn3c(=O)oc4cc([N+](=O)[O-])ccc43)CC2)cc1. The molecule has 3 aromatic rings. The molecule has 32 heavy (non-hydrogen) atoms. The van der Waals surface area contributed by atoms with Crippen molar-refractivity contribution in [1.29, 1.82) is 0 Å². The van der Waals surface area contributed by atoms with Crippen LogP contribution in [0.1, 0.15) is 30.9 Å². The number of benzene rings is 2. The highest BCUT2D eigenvalue weighted by Gasteiger charge is 2.23. The maximum Gasteiger partial charge on any atom is 0.420 e. The molecule has 0 unspecified atom stereocenters. The summed E-state index contributed by atoms with van der Waals surface area (Å²) in [6, 6.07) is 12.6. The molecule has 0 radical (unpaired) electrons. The van der Waals surface area contributed by atoms with Crippen LogP contribution in [0.2, 0.25) is 0 Å². The number of nitro groups is 1. The lowest BCUT2D eigenvalue weighted by atomic mass is 10.0. The molecule has 2 heterocycles. The van der Waals surface area contributed by atoms with Crippen molar-refractivity contribution in [1.82, 2.24) is 14.4 Å². The third kappa shape index (κ3) is 4.57. The van der Waals surface area contributed by atoms with E-state index in [2.05, 4.69) is 43.0 Å². The maximum atomic E-state index is 12.8. The molecule has 1 aromatic heterocycles. The molecule has 0 aliphatic carbocycles. The third-order valence-corrected chi connectivity index (χ3v) is 5.93. The Bertz CT molecular complexity index is 1190. The summed E-state index contributed by atoms with van der Waals surface area (Å²) in [4.78, 5) is 39.4. The number of aromatic nitrogens is 1. The number of oxazole rings is 1. The first kappa shape index (κ1) is 21.8. The van der Waals surface area contributed by atoms with Crippen LogP contribution in [-0.2, 0) is 17.9 Å². The zero-order chi connectivity index (χ0) is 22.8. The normalized spacial score (nSPS) is 14.9. The molecule has 9 nitrogen and oxygen atoms in total. The summed E-state index contributed by atoms with van der Waals surface area (Å²) in [5, 5.41) is 10.9. The summed E-state index contributed by atoms with van der Waals surface area (Å²) >= 11 is 0. The second-order valence-electron chi connectivity index (χ2n) is 8.42. The minimum atomic E-state index is -0.697. The lowest BCUT2D eigenvalue weighted by Gasteiger charge is -2.34. The highest BCUT2D eigenvalue weighted by atomic mass is 16.6. The first-order valence-electron chi connectivity index (χ1n) is 10.7. The minimum Gasteiger partial charge on any atom is -0.407 e. The van der Waals surface area contributed by atoms with Crippen LogP contribution in [-0.4, -0.2) is 51.4 Å². The number of nitrogens with zero attached hydrogens (tertiary/aromatic N) is 4. The Balaban J connectivity index is 1.36. The van der Waals surface area contributed by atoms with Gasteiger partial charge >= 0.3 is 5.76 Å². The average Bonchev–Trinajstić information content (AvgIpc) is 3.08. The summed E-state index contributed by atoms with van der Waals surface area (Å²) in [5.41, 5.74) is 2.88. The van der Waals surface area contributed by atoms with E-state index >= 15 is 0 Å². The number of amides is 1. The molecule has 2 aromatic carbocycles. The molecule has 9 heteroatoms. The van der Waals surface area contributed by atoms with Gasteiger partial charge in [0, 0.05) is 38.8 Å². The molecule has 0 spiro atoms. The van der Waals surface area contributed by atoms with Crippen LogP contribution >= 0.6 is 0 Å². The topological polar surface area (TPSA) is 102 Å². The zero-order valence-electron chi connectivity index (χ0n) is 18.2. The fourth-order valence-corrected chi connectivity index (χ4v) is 3.98. The van der Waals surface area contributed by atoms with E-state index in [1.54, 1.807) is 4.90 Å². The Kier molecular flexibility index (Phi) is 6.09. The van der Waals surface area contributed by atoms with E-state index in [9.17, 15) is 19.7 Å². The quantitative estimate of drug-likeness (QED) is 0.433. The first-order chi connectivity index (χ1) is 15.3. The summed E-state index contributed by atoms with van der Waals surface area (Å²) < 4.78 is 6.33. The highest BCUT2D eigenvalue weighted by molar-refractivity contribution is 5.80. The van der Waals surface area contributed by atoms with Crippen molar-refractivity contribution in [2.45, 2.75) is 32.9 Å². The lowest BCUT2D eigenvalue weighted by Crippen LogP contribution is -2.49. The van der Waals surface area contributed by atoms with Crippen LogP contribution in [0.5, 0.6) is 0 Å². The number of piperazine rings is 1. The van der Waals surface area contributed by atoms with Crippen molar-refractivity contribution in [3.05, 3.63) is 74.3 Å². The number of rotatable bonds is 6. The number of nitro benzene ring substituents is 1. The molecule has 0 atom stereocenters. The Morgan fingerprint density at radius 2 is 1.78 bits per heavy atom. The van der Waals surface area contributed by atoms with E-state index in [4.69, 9.17) is 4.42 Å². The molecule has 1 amide bonds. The smallest absolute Gasteiger partial charge is 0.407 e. The van der Waals surface area contributed by atoms with Crippen molar-refractivity contribution in [3.63, 3.8) is 0 Å². The molecule has 0 N–H and O–H groups in total. The van der Waals surface area contributed by atoms with Gasteiger partial charge in [-0.25, -0.2) is 4.79 Å². The van der Waals surface area contributed by atoms with E-state index in [-0.39, 0.29) is 23.7 Å². The molecule has 168 valence electrons. The van der Waals surface area contributed by atoms with E-state index in [0.29, 0.717) is 24.5 Å². The fourth-order valence-electron chi connectivity index (χ4n) is 3.98. The molecular weight excluding hydrogens is 412 g/mol. The number of fused-ring (bicyclic) bond motifs is 1. The minimum absolute atomic E-state index is 0.102. The Hall–Kier alpha value is -3.46. The van der Waals surface area contributed by atoms with E-state index in [1.807, 2.05) is 0 Å². The van der Waals surface area contributed by atoms with E-state index in [0.717, 1.165) is 19.6 Å². The largest absolute Gasteiger partial charge is 0.420 e. The van der Waals surface area contributed by atoms with Crippen LogP contribution in [0, 0.1) is 10.1 Å². The number of hydrogen-bond donors (Lipinski definition) is 0. The average molecular weight is 438 g/mol. The van der Waals surface area contributed by atoms with Gasteiger partial charge in [-0.05, 0) is 23.1 Å². The summed E-state index contributed by atoms with van der Waals surface area (Å²) in [5.74, 6) is -0.361. The van der Waals surface area contributed by atoms with Gasteiger partial charge in [-0.3, -0.25) is 24.4 Å². The summed E-state index contributed by atoms with van der Waals surface area (Å²) in [7, 11) is 0. The second-order valence-corrected chi connectivity index (χ2v) is 8.42. The number of non-ortho nitro benzene ring substituents is 1. The lowest BCUT2D eigenvalue weighted by molar-refractivity contribution is -0.384. The highest BCUT2D eigenvalue weighted by Crippen LogP contribution is 2.20. The molecule has 1 fully saturated rings. The molecule has 1 aliphatic rings. The zero-order valence-corrected chi connectivity index (χ0v) is 18.2. The molecule has 1 saturated heterocycles. The first-order valence-corrected chi connectivity index (χ1v) is 10.7. The number of hydrogen-bond acceptors (Lipinski definition) is 6. The van der Waals surface area contributed by atoms with Crippen LogP contribution in [0.15, 0.2) is 51.7 Å². The predicted molar refractivity (Wildman–Crippen MR) is 120 cm³/mol. The second kappa shape index (κ2) is 8.96. The van der Waals surface area contributed by atoms with Crippen LogP contribution in [0.4, 0.5) is 5.69 Å². The third-order valence-electron chi connectivity index (χ3n) is 5.93. The van der Waals surface area contributed by atoms with Crippen molar-refractivity contribution in [2.24, 2.45) is 0 Å². The molecule has 4 rings (SSSR count). The maximum absolute atomic E-state index is 12.8. The summed E-state index contributed by atoms with van der Waals surface area (Å²) in [6.45, 7) is 7.71.